The lowest BCUT2D eigenvalue weighted by atomic mass is 9.87. The Morgan fingerprint density at radius 1 is 1.30 bits per heavy atom. The summed E-state index contributed by atoms with van der Waals surface area (Å²) in [7, 11) is 0. The zero-order chi connectivity index (χ0) is 13.8. The van der Waals surface area contributed by atoms with Gasteiger partial charge in [0.1, 0.15) is 0 Å². The van der Waals surface area contributed by atoms with Crippen molar-refractivity contribution in [2.45, 2.75) is 38.3 Å². The van der Waals surface area contributed by atoms with E-state index in [9.17, 15) is 5.11 Å². The number of aliphatic hydroxyl groups is 1. The van der Waals surface area contributed by atoms with Gasteiger partial charge in [-0.05, 0) is 54.6 Å². The zero-order valence-electron chi connectivity index (χ0n) is 11.5. The molecule has 0 saturated heterocycles. The number of rotatable bonds is 5. The lowest BCUT2D eigenvalue weighted by Gasteiger charge is -2.25. The highest BCUT2D eigenvalue weighted by Gasteiger charge is 2.19. The topological polar surface area (TPSA) is 32.3 Å². The van der Waals surface area contributed by atoms with E-state index in [2.05, 4.69) is 34.3 Å². The molecule has 3 rings (SSSR count). The maximum atomic E-state index is 9.68. The van der Waals surface area contributed by atoms with Crippen LogP contribution >= 0.6 is 22.7 Å². The van der Waals surface area contributed by atoms with Gasteiger partial charge in [0.05, 0.1) is 6.10 Å². The van der Waals surface area contributed by atoms with E-state index in [0.29, 0.717) is 5.92 Å². The van der Waals surface area contributed by atoms with Gasteiger partial charge < -0.3 is 10.4 Å². The van der Waals surface area contributed by atoms with Gasteiger partial charge in [0.2, 0.25) is 0 Å². The van der Waals surface area contributed by atoms with Crippen LogP contribution in [0.1, 0.15) is 30.6 Å². The monoisotopic (exact) mass is 307 g/mol. The van der Waals surface area contributed by atoms with Crippen molar-refractivity contribution in [2.24, 2.45) is 5.92 Å². The highest BCUT2D eigenvalue weighted by Crippen LogP contribution is 2.29. The van der Waals surface area contributed by atoms with E-state index >= 15 is 0 Å². The predicted octanol–water partition coefficient (Wildman–Crippen LogP) is 4.12. The van der Waals surface area contributed by atoms with Crippen LogP contribution in [0.4, 0.5) is 0 Å². The molecule has 2 unspecified atom stereocenters. The van der Waals surface area contributed by atoms with Gasteiger partial charge in [-0.15, -0.1) is 22.7 Å². The van der Waals surface area contributed by atoms with E-state index in [0.717, 1.165) is 25.9 Å². The molecule has 2 N–H and O–H groups in total. The Labute approximate surface area is 128 Å². The lowest BCUT2D eigenvalue weighted by molar-refractivity contribution is 0.101. The van der Waals surface area contributed by atoms with Crippen LogP contribution in [0, 0.1) is 5.92 Å². The van der Waals surface area contributed by atoms with Crippen LogP contribution < -0.4 is 5.32 Å². The molecule has 1 fully saturated rings. The molecule has 0 aliphatic heterocycles. The van der Waals surface area contributed by atoms with Crippen LogP contribution in [0.5, 0.6) is 0 Å². The van der Waals surface area contributed by atoms with E-state index in [1.807, 2.05) is 11.3 Å². The molecular weight excluding hydrogens is 286 g/mol. The van der Waals surface area contributed by atoms with Crippen LogP contribution in [0.3, 0.4) is 0 Å². The number of thiophene rings is 2. The molecule has 0 radical (unpaired) electrons. The fourth-order valence-corrected chi connectivity index (χ4v) is 4.54. The maximum absolute atomic E-state index is 9.68. The molecule has 1 aliphatic rings. The Hall–Kier alpha value is -0.680. The third-order valence-corrected chi connectivity index (χ3v) is 5.80. The van der Waals surface area contributed by atoms with Crippen LogP contribution in [0.25, 0.3) is 10.4 Å². The normalized spacial score (nSPS) is 23.1. The molecule has 2 atom stereocenters. The summed E-state index contributed by atoms with van der Waals surface area (Å²) in [4.78, 5) is 2.74. The first-order chi connectivity index (χ1) is 9.81. The molecule has 4 heteroatoms. The minimum Gasteiger partial charge on any atom is -0.393 e. The van der Waals surface area contributed by atoms with Crippen molar-refractivity contribution >= 4 is 22.7 Å². The number of hydrogen-bond donors (Lipinski definition) is 2. The van der Waals surface area contributed by atoms with Crippen LogP contribution in [-0.4, -0.2) is 17.8 Å². The summed E-state index contributed by atoms with van der Waals surface area (Å²) in [5.74, 6) is 0.649. The Morgan fingerprint density at radius 2 is 2.25 bits per heavy atom. The predicted molar refractivity (Wildman–Crippen MR) is 87.3 cm³/mol. The molecule has 0 amide bonds. The van der Waals surface area contributed by atoms with Crippen molar-refractivity contribution in [3.63, 3.8) is 0 Å². The molecule has 0 spiro atoms. The molecule has 2 heterocycles. The quantitative estimate of drug-likeness (QED) is 0.871. The van der Waals surface area contributed by atoms with Gasteiger partial charge in [0.25, 0.3) is 0 Å². The Bertz CT molecular complexity index is 520. The molecule has 2 nitrogen and oxygen atoms in total. The Kier molecular flexibility index (Phi) is 4.89. The first-order valence-electron chi connectivity index (χ1n) is 7.31. The van der Waals surface area contributed by atoms with Crippen molar-refractivity contribution in [3.05, 3.63) is 33.8 Å². The average Bonchev–Trinajstić information content (AvgIpc) is 3.09. The summed E-state index contributed by atoms with van der Waals surface area (Å²) in [6, 6.07) is 6.57. The largest absolute Gasteiger partial charge is 0.393 e. The standard InChI is InChI=1S/C16H21NOS2/c18-14-4-1-3-12(7-14)9-17-10-15-8-13(11-20-15)16-5-2-6-19-16/h2,5-6,8,11-12,14,17-18H,1,3-4,7,9-10H2. The van der Waals surface area contributed by atoms with Gasteiger partial charge in [-0.2, -0.15) is 0 Å². The summed E-state index contributed by atoms with van der Waals surface area (Å²) in [5.41, 5.74) is 1.34. The van der Waals surface area contributed by atoms with Gasteiger partial charge in [-0.25, -0.2) is 0 Å². The van der Waals surface area contributed by atoms with Gasteiger partial charge in [0, 0.05) is 21.9 Å². The molecule has 108 valence electrons. The van der Waals surface area contributed by atoms with Crippen molar-refractivity contribution in [1.82, 2.24) is 5.32 Å². The molecule has 1 aliphatic carbocycles. The van der Waals surface area contributed by atoms with Crippen molar-refractivity contribution < 1.29 is 5.11 Å². The van der Waals surface area contributed by atoms with Crippen molar-refractivity contribution in [3.8, 4) is 10.4 Å². The van der Waals surface area contributed by atoms with Crippen LogP contribution in [0.15, 0.2) is 29.0 Å². The zero-order valence-corrected chi connectivity index (χ0v) is 13.2. The summed E-state index contributed by atoms with van der Waals surface area (Å²) < 4.78 is 0. The summed E-state index contributed by atoms with van der Waals surface area (Å²) in [6.45, 7) is 1.98. The van der Waals surface area contributed by atoms with Crippen LogP contribution in [0.2, 0.25) is 0 Å². The van der Waals surface area contributed by atoms with Gasteiger partial charge in [-0.3, -0.25) is 0 Å². The third kappa shape index (κ3) is 3.70. The molecule has 0 bridgehead atoms. The second-order valence-electron chi connectivity index (χ2n) is 5.60. The fourth-order valence-electron chi connectivity index (χ4n) is 2.89. The average molecular weight is 307 g/mol. The third-order valence-electron chi connectivity index (χ3n) is 3.95. The van der Waals surface area contributed by atoms with E-state index in [4.69, 9.17) is 0 Å². The molecule has 2 aromatic rings. The first kappa shape index (κ1) is 14.3. The Morgan fingerprint density at radius 3 is 3.05 bits per heavy atom. The molecular formula is C16H21NOS2. The minimum atomic E-state index is -0.0669. The fraction of sp³-hybridized carbons (Fsp3) is 0.500. The van der Waals surface area contributed by atoms with Crippen molar-refractivity contribution in [2.75, 3.05) is 6.54 Å². The SMILES string of the molecule is OC1CCCC(CNCc2cc(-c3cccs3)cs2)C1. The molecule has 2 aromatic heterocycles. The van der Waals surface area contributed by atoms with Crippen LogP contribution in [-0.2, 0) is 6.54 Å². The summed E-state index contributed by atoms with van der Waals surface area (Å²) in [5, 5.41) is 17.6. The number of aliphatic hydroxyl groups excluding tert-OH is 1. The highest BCUT2D eigenvalue weighted by atomic mass is 32.1. The molecule has 1 saturated carbocycles. The second kappa shape index (κ2) is 6.85. The van der Waals surface area contributed by atoms with E-state index in [-0.39, 0.29) is 6.10 Å². The smallest absolute Gasteiger partial charge is 0.0543 e. The Balaban J connectivity index is 1.47. The van der Waals surface area contributed by atoms with Gasteiger partial charge >= 0.3 is 0 Å². The van der Waals surface area contributed by atoms with Gasteiger partial charge in [0.15, 0.2) is 0 Å². The van der Waals surface area contributed by atoms with Crippen molar-refractivity contribution in [1.29, 1.82) is 0 Å². The van der Waals surface area contributed by atoms with Gasteiger partial charge in [-0.1, -0.05) is 12.5 Å². The second-order valence-corrected chi connectivity index (χ2v) is 7.54. The summed E-state index contributed by atoms with van der Waals surface area (Å²) in [6.07, 6.45) is 4.33. The first-order valence-corrected chi connectivity index (χ1v) is 9.07. The molecule has 20 heavy (non-hydrogen) atoms. The van der Waals surface area contributed by atoms with E-state index in [1.54, 1.807) is 11.3 Å². The van der Waals surface area contributed by atoms with E-state index in [1.165, 1.54) is 28.2 Å². The minimum absolute atomic E-state index is 0.0669. The number of nitrogens with one attached hydrogen (secondary N) is 1. The van der Waals surface area contributed by atoms with E-state index < -0.39 is 0 Å². The highest BCUT2D eigenvalue weighted by molar-refractivity contribution is 7.14. The summed E-state index contributed by atoms with van der Waals surface area (Å²) >= 11 is 3.62. The maximum Gasteiger partial charge on any atom is 0.0543 e. The number of hydrogen-bond acceptors (Lipinski definition) is 4. The lowest BCUT2D eigenvalue weighted by Crippen LogP contribution is -2.28. The molecule has 0 aromatic carbocycles.